The molecular formula is C13H9ClFN3. The predicted molar refractivity (Wildman–Crippen MR) is 70.5 cm³/mol. The molecule has 0 fully saturated rings. The zero-order valence-electron chi connectivity index (χ0n) is 9.27. The van der Waals surface area contributed by atoms with Crippen LogP contribution >= 0.6 is 11.6 Å². The molecule has 0 aliphatic rings. The van der Waals surface area contributed by atoms with Crippen molar-refractivity contribution in [3.63, 3.8) is 0 Å². The first-order valence-electron chi connectivity index (χ1n) is 5.33. The molecule has 1 aromatic heterocycles. The predicted octanol–water partition coefficient (Wildman–Crippen LogP) is 3.40. The molecule has 0 aliphatic carbocycles. The first-order valence-corrected chi connectivity index (χ1v) is 5.71. The summed E-state index contributed by atoms with van der Waals surface area (Å²) in [6.45, 7) is 0. The van der Waals surface area contributed by atoms with Gasteiger partial charge in [0, 0.05) is 10.7 Å². The summed E-state index contributed by atoms with van der Waals surface area (Å²) < 4.78 is 15.5. The van der Waals surface area contributed by atoms with Crippen LogP contribution in [0.2, 0.25) is 5.02 Å². The molecule has 0 atom stereocenters. The summed E-state index contributed by atoms with van der Waals surface area (Å²) in [5, 5.41) is 0.476. The molecule has 0 bridgehead atoms. The van der Waals surface area contributed by atoms with Crippen molar-refractivity contribution >= 4 is 28.3 Å². The molecule has 5 heteroatoms. The van der Waals surface area contributed by atoms with Gasteiger partial charge in [-0.1, -0.05) is 11.6 Å². The van der Waals surface area contributed by atoms with Gasteiger partial charge in [0.2, 0.25) is 0 Å². The number of fused-ring (bicyclic) bond motifs is 1. The van der Waals surface area contributed by atoms with E-state index in [0.29, 0.717) is 16.4 Å². The quantitative estimate of drug-likeness (QED) is 0.682. The van der Waals surface area contributed by atoms with Crippen molar-refractivity contribution in [3.8, 4) is 5.69 Å². The zero-order chi connectivity index (χ0) is 12.7. The molecule has 0 spiro atoms. The summed E-state index contributed by atoms with van der Waals surface area (Å²) in [4.78, 5) is 4.20. The molecule has 0 aliphatic heterocycles. The highest BCUT2D eigenvalue weighted by molar-refractivity contribution is 6.30. The first kappa shape index (κ1) is 11.0. The number of hydrogen-bond acceptors (Lipinski definition) is 2. The summed E-state index contributed by atoms with van der Waals surface area (Å²) in [7, 11) is 0. The Labute approximate surface area is 108 Å². The van der Waals surface area contributed by atoms with Crippen LogP contribution in [0, 0.1) is 5.82 Å². The van der Waals surface area contributed by atoms with Crippen molar-refractivity contribution < 1.29 is 4.39 Å². The molecule has 0 radical (unpaired) electrons. The second kappa shape index (κ2) is 3.99. The second-order valence-corrected chi connectivity index (χ2v) is 4.39. The summed E-state index contributed by atoms with van der Waals surface area (Å²) in [6, 6.07) is 9.71. The van der Waals surface area contributed by atoms with Crippen LogP contribution < -0.4 is 5.73 Å². The maximum atomic E-state index is 13.8. The molecular weight excluding hydrogens is 253 g/mol. The van der Waals surface area contributed by atoms with E-state index in [9.17, 15) is 4.39 Å². The van der Waals surface area contributed by atoms with E-state index in [1.807, 2.05) is 0 Å². The minimum Gasteiger partial charge on any atom is -0.399 e. The van der Waals surface area contributed by atoms with Gasteiger partial charge < -0.3 is 5.73 Å². The van der Waals surface area contributed by atoms with E-state index in [0.717, 1.165) is 11.0 Å². The third kappa shape index (κ3) is 1.71. The highest BCUT2D eigenvalue weighted by atomic mass is 35.5. The molecule has 0 saturated carbocycles. The van der Waals surface area contributed by atoms with Gasteiger partial charge in [-0.2, -0.15) is 0 Å². The maximum absolute atomic E-state index is 13.8. The van der Waals surface area contributed by atoms with E-state index in [2.05, 4.69) is 4.98 Å². The van der Waals surface area contributed by atoms with Crippen LogP contribution in [0.3, 0.4) is 0 Å². The Morgan fingerprint density at radius 2 is 2.00 bits per heavy atom. The highest BCUT2D eigenvalue weighted by Gasteiger charge is 2.09. The van der Waals surface area contributed by atoms with Gasteiger partial charge >= 0.3 is 0 Å². The Balaban J connectivity index is 2.28. The van der Waals surface area contributed by atoms with Gasteiger partial charge in [0.15, 0.2) is 0 Å². The van der Waals surface area contributed by atoms with E-state index in [-0.39, 0.29) is 5.82 Å². The smallest absolute Gasteiger partial charge is 0.147 e. The molecule has 3 nitrogen and oxygen atoms in total. The average Bonchev–Trinajstić information content (AvgIpc) is 2.75. The number of nitrogens with two attached hydrogens (primary N) is 1. The SMILES string of the molecule is Nc1ccc2c(c1)ncn2-c1cc(Cl)ccc1F. The van der Waals surface area contributed by atoms with E-state index < -0.39 is 0 Å². The fourth-order valence-corrected chi connectivity index (χ4v) is 2.06. The summed E-state index contributed by atoms with van der Waals surface area (Å²) in [5.74, 6) is -0.351. The minimum atomic E-state index is -0.351. The largest absolute Gasteiger partial charge is 0.399 e. The molecule has 0 unspecified atom stereocenters. The molecule has 2 aromatic carbocycles. The molecule has 0 saturated heterocycles. The van der Waals surface area contributed by atoms with Gasteiger partial charge in [0.25, 0.3) is 0 Å². The monoisotopic (exact) mass is 261 g/mol. The molecule has 3 aromatic rings. The van der Waals surface area contributed by atoms with E-state index in [4.69, 9.17) is 17.3 Å². The molecule has 2 N–H and O–H groups in total. The van der Waals surface area contributed by atoms with Crippen LogP contribution in [0.15, 0.2) is 42.7 Å². The summed E-state index contributed by atoms with van der Waals surface area (Å²) in [5.41, 5.74) is 8.18. The van der Waals surface area contributed by atoms with Gasteiger partial charge in [-0.15, -0.1) is 0 Å². The topological polar surface area (TPSA) is 43.8 Å². The van der Waals surface area contributed by atoms with Crippen LogP contribution in [-0.4, -0.2) is 9.55 Å². The number of hydrogen-bond donors (Lipinski definition) is 1. The van der Waals surface area contributed by atoms with Crippen molar-refractivity contribution in [1.29, 1.82) is 0 Å². The summed E-state index contributed by atoms with van der Waals surface area (Å²) in [6.07, 6.45) is 1.55. The van der Waals surface area contributed by atoms with Crippen LogP contribution in [0.4, 0.5) is 10.1 Å². The van der Waals surface area contributed by atoms with Crippen LogP contribution in [0.1, 0.15) is 0 Å². The fraction of sp³-hybridized carbons (Fsp3) is 0. The number of nitrogens with zero attached hydrogens (tertiary/aromatic N) is 2. The standard InChI is InChI=1S/C13H9ClFN3/c14-8-1-3-10(15)13(5-8)18-7-17-11-6-9(16)2-4-12(11)18/h1-7H,16H2. The van der Waals surface area contributed by atoms with Crippen molar-refractivity contribution in [2.24, 2.45) is 0 Å². The molecule has 0 amide bonds. The van der Waals surface area contributed by atoms with Gasteiger partial charge in [-0.05, 0) is 36.4 Å². The third-order valence-corrected chi connectivity index (χ3v) is 2.97. The lowest BCUT2D eigenvalue weighted by Crippen LogP contribution is -1.96. The number of rotatable bonds is 1. The van der Waals surface area contributed by atoms with Crippen molar-refractivity contribution in [2.45, 2.75) is 0 Å². The number of imidazole rings is 1. The maximum Gasteiger partial charge on any atom is 0.147 e. The van der Waals surface area contributed by atoms with E-state index in [1.165, 1.54) is 12.1 Å². The first-order chi connectivity index (χ1) is 8.65. The van der Waals surface area contributed by atoms with Crippen molar-refractivity contribution in [2.75, 3.05) is 5.73 Å². The number of halogens is 2. The Morgan fingerprint density at radius 1 is 1.17 bits per heavy atom. The van der Waals surface area contributed by atoms with Crippen molar-refractivity contribution in [1.82, 2.24) is 9.55 Å². The lowest BCUT2D eigenvalue weighted by molar-refractivity contribution is 0.619. The summed E-state index contributed by atoms with van der Waals surface area (Å²) >= 11 is 5.89. The number of anilines is 1. The second-order valence-electron chi connectivity index (χ2n) is 3.96. The molecule has 1 heterocycles. The molecule has 18 heavy (non-hydrogen) atoms. The zero-order valence-corrected chi connectivity index (χ0v) is 10.0. The minimum absolute atomic E-state index is 0.351. The normalized spacial score (nSPS) is 11.0. The van der Waals surface area contributed by atoms with Crippen molar-refractivity contribution in [3.05, 3.63) is 53.6 Å². The third-order valence-electron chi connectivity index (χ3n) is 2.74. The molecule has 90 valence electrons. The van der Waals surface area contributed by atoms with E-state index in [1.54, 1.807) is 35.2 Å². The number of nitrogen functional groups attached to an aromatic ring is 1. The Hall–Kier alpha value is -2.07. The van der Waals surface area contributed by atoms with Crippen LogP contribution in [0.25, 0.3) is 16.7 Å². The van der Waals surface area contributed by atoms with Gasteiger partial charge in [0.05, 0.1) is 16.7 Å². The van der Waals surface area contributed by atoms with Crippen LogP contribution in [-0.2, 0) is 0 Å². The van der Waals surface area contributed by atoms with Gasteiger partial charge in [-0.3, -0.25) is 4.57 Å². The molecule has 3 rings (SSSR count). The number of aromatic nitrogens is 2. The lowest BCUT2D eigenvalue weighted by atomic mass is 10.2. The van der Waals surface area contributed by atoms with Crippen LogP contribution in [0.5, 0.6) is 0 Å². The highest BCUT2D eigenvalue weighted by Crippen LogP contribution is 2.24. The van der Waals surface area contributed by atoms with Gasteiger partial charge in [0.1, 0.15) is 12.1 Å². The van der Waals surface area contributed by atoms with E-state index >= 15 is 0 Å². The lowest BCUT2D eigenvalue weighted by Gasteiger charge is -2.06. The Morgan fingerprint density at radius 3 is 2.83 bits per heavy atom. The Kier molecular flexibility index (Phi) is 2.45. The van der Waals surface area contributed by atoms with Gasteiger partial charge in [-0.25, -0.2) is 9.37 Å². The fourth-order valence-electron chi connectivity index (χ4n) is 1.89. The average molecular weight is 262 g/mol. The Bertz CT molecular complexity index is 736. The number of benzene rings is 2.